The van der Waals surface area contributed by atoms with Crippen molar-refractivity contribution in [3.8, 4) is 0 Å². The Morgan fingerprint density at radius 3 is 2.06 bits per heavy atom. The Bertz CT molecular complexity index is 322. The lowest BCUT2D eigenvalue weighted by Gasteiger charge is -2.20. The molecule has 0 aliphatic heterocycles. The normalized spacial score (nSPS) is 14.3. The Morgan fingerprint density at radius 2 is 1.71 bits per heavy atom. The molecule has 0 aromatic rings. The first kappa shape index (κ1) is 15.6. The minimum absolute atomic E-state index is 0.165. The molecule has 0 spiro atoms. The zero-order valence-corrected chi connectivity index (χ0v) is 8.58. The zero-order valence-electron chi connectivity index (χ0n) is 8.58. The number of rotatable bonds is 4. The van der Waals surface area contributed by atoms with E-state index >= 15 is 0 Å². The first-order valence-corrected chi connectivity index (χ1v) is 4.28. The maximum atomic E-state index is 12.9. The average molecular weight is 265 g/mol. The molecule has 0 heterocycles. The molecular weight excluding hydrogens is 256 g/mol. The number of hydrogen-bond donors (Lipinski definition) is 1. The van der Waals surface area contributed by atoms with E-state index in [0.717, 1.165) is 0 Å². The number of alkyl halides is 5. The molecule has 0 saturated carbocycles. The summed E-state index contributed by atoms with van der Waals surface area (Å²) in [6, 6.07) is 0. The maximum Gasteiger partial charge on any atom is 0.459 e. The molecule has 0 amide bonds. The van der Waals surface area contributed by atoms with Crippen LogP contribution in [0.2, 0.25) is 0 Å². The monoisotopic (exact) mass is 265 g/mol. The fourth-order valence-electron chi connectivity index (χ4n) is 0.757. The van der Waals surface area contributed by atoms with Gasteiger partial charge in [0.05, 0.1) is 13.0 Å². The van der Waals surface area contributed by atoms with Crippen molar-refractivity contribution >= 4 is 5.97 Å². The molecular formula is C8H9F6NO2. The third kappa shape index (κ3) is 3.82. The van der Waals surface area contributed by atoms with Crippen molar-refractivity contribution in [2.45, 2.75) is 25.4 Å². The molecule has 3 nitrogen and oxygen atoms in total. The molecule has 0 aromatic heterocycles. The van der Waals surface area contributed by atoms with E-state index in [1.807, 2.05) is 0 Å². The Hall–Kier alpha value is -1.41. The van der Waals surface area contributed by atoms with Crippen LogP contribution < -0.4 is 5.73 Å². The first-order valence-electron chi connectivity index (χ1n) is 4.28. The molecule has 0 aliphatic rings. The standard InChI is InChI=1S/C8H9F6NO2/c1-2-17-5(16)3-4(9)6(15)7(10,11)8(12,13)14/h2-3,15H2,1H3/b6-4+. The van der Waals surface area contributed by atoms with Crippen molar-refractivity contribution < 1.29 is 35.9 Å². The summed E-state index contributed by atoms with van der Waals surface area (Å²) >= 11 is 0. The van der Waals surface area contributed by atoms with Gasteiger partial charge in [0.15, 0.2) is 0 Å². The molecule has 0 radical (unpaired) electrons. The summed E-state index contributed by atoms with van der Waals surface area (Å²) in [4.78, 5) is 10.7. The van der Waals surface area contributed by atoms with Gasteiger partial charge in [0.2, 0.25) is 0 Å². The summed E-state index contributed by atoms with van der Waals surface area (Å²) in [6.07, 6.45) is -7.39. The van der Waals surface area contributed by atoms with Gasteiger partial charge in [-0.3, -0.25) is 4.79 Å². The van der Waals surface area contributed by atoms with Crippen LogP contribution in [-0.2, 0) is 9.53 Å². The third-order valence-electron chi connectivity index (χ3n) is 1.59. The second-order valence-electron chi connectivity index (χ2n) is 2.87. The molecule has 9 heteroatoms. The molecule has 0 bridgehead atoms. The quantitative estimate of drug-likeness (QED) is 0.626. The zero-order chi connectivity index (χ0) is 13.9. The second-order valence-corrected chi connectivity index (χ2v) is 2.87. The summed E-state index contributed by atoms with van der Waals surface area (Å²) in [5.41, 5.74) is 2.02. The summed E-state index contributed by atoms with van der Waals surface area (Å²) < 4.78 is 77.4. The minimum Gasteiger partial charge on any atom is -0.466 e. The summed E-state index contributed by atoms with van der Waals surface area (Å²) in [5.74, 6) is -8.87. The summed E-state index contributed by atoms with van der Waals surface area (Å²) in [6.45, 7) is 1.19. The highest BCUT2D eigenvalue weighted by atomic mass is 19.4. The van der Waals surface area contributed by atoms with Crippen LogP contribution in [0.3, 0.4) is 0 Å². The minimum atomic E-state index is -6.02. The number of ether oxygens (including phenoxy) is 1. The second kappa shape index (κ2) is 5.28. The highest BCUT2D eigenvalue weighted by Crippen LogP contribution is 2.40. The van der Waals surface area contributed by atoms with Gasteiger partial charge in [0.1, 0.15) is 11.5 Å². The number of allylic oxidation sites excluding steroid dienone is 1. The van der Waals surface area contributed by atoms with Crippen LogP contribution in [0, 0.1) is 0 Å². The molecule has 0 fully saturated rings. The number of carbonyl (C=O) groups excluding carboxylic acids is 1. The predicted octanol–water partition coefficient (Wildman–Crippen LogP) is 2.28. The predicted molar refractivity (Wildman–Crippen MR) is 44.6 cm³/mol. The Balaban J connectivity index is 4.99. The van der Waals surface area contributed by atoms with Crippen molar-refractivity contribution in [1.29, 1.82) is 0 Å². The smallest absolute Gasteiger partial charge is 0.459 e. The van der Waals surface area contributed by atoms with Crippen molar-refractivity contribution in [1.82, 2.24) is 0 Å². The van der Waals surface area contributed by atoms with Crippen molar-refractivity contribution in [2.75, 3.05) is 6.61 Å². The van der Waals surface area contributed by atoms with Gasteiger partial charge in [-0.25, -0.2) is 4.39 Å². The first-order chi connectivity index (χ1) is 7.54. The number of carbonyl (C=O) groups is 1. The lowest BCUT2D eigenvalue weighted by Crippen LogP contribution is -2.42. The van der Waals surface area contributed by atoms with Crippen LogP contribution in [0.25, 0.3) is 0 Å². The fourth-order valence-corrected chi connectivity index (χ4v) is 0.757. The lowest BCUT2D eigenvalue weighted by molar-refractivity contribution is -0.265. The van der Waals surface area contributed by atoms with Gasteiger partial charge in [0, 0.05) is 0 Å². The lowest BCUT2D eigenvalue weighted by atomic mass is 10.2. The van der Waals surface area contributed by atoms with Gasteiger partial charge in [-0.1, -0.05) is 0 Å². The van der Waals surface area contributed by atoms with Crippen molar-refractivity contribution in [2.24, 2.45) is 5.73 Å². The molecule has 0 aliphatic carbocycles. The van der Waals surface area contributed by atoms with E-state index in [1.165, 1.54) is 6.92 Å². The summed E-state index contributed by atoms with van der Waals surface area (Å²) in [7, 11) is 0. The SMILES string of the molecule is CCOC(=O)C/C(F)=C(\N)C(F)(F)C(F)(F)F. The molecule has 17 heavy (non-hydrogen) atoms. The Labute approximate surface area is 92.2 Å². The molecule has 0 saturated heterocycles. The molecule has 0 rings (SSSR count). The summed E-state index contributed by atoms with van der Waals surface area (Å²) in [5, 5.41) is 0. The van der Waals surface area contributed by atoms with Crippen molar-refractivity contribution in [3.63, 3.8) is 0 Å². The van der Waals surface area contributed by atoms with E-state index in [2.05, 4.69) is 10.5 Å². The van der Waals surface area contributed by atoms with E-state index in [1.54, 1.807) is 0 Å². The number of nitrogens with two attached hydrogens (primary N) is 1. The molecule has 2 N–H and O–H groups in total. The highest BCUT2D eigenvalue weighted by Gasteiger charge is 2.60. The van der Waals surface area contributed by atoms with E-state index in [0.29, 0.717) is 0 Å². The van der Waals surface area contributed by atoms with Crippen LogP contribution in [0.4, 0.5) is 26.3 Å². The van der Waals surface area contributed by atoms with E-state index in [4.69, 9.17) is 0 Å². The van der Waals surface area contributed by atoms with E-state index < -0.39 is 36.0 Å². The highest BCUT2D eigenvalue weighted by molar-refractivity contribution is 5.72. The molecule has 0 atom stereocenters. The van der Waals surface area contributed by atoms with Crippen LogP contribution in [0.5, 0.6) is 0 Å². The van der Waals surface area contributed by atoms with Crippen LogP contribution in [0.15, 0.2) is 11.5 Å². The molecule has 0 aromatic carbocycles. The molecule has 0 unspecified atom stereocenters. The van der Waals surface area contributed by atoms with Gasteiger partial charge in [-0.15, -0.1) is 0 Å². The van der Waals surface area contributed by atoms with E-state index in [-0.39, 0.29) is 6.61 Å². The number of hydrogen-bond acceptors (Lipinski definition) is 3. The largest absolute Gasteiger partial charge is 0.466 e. The van der Waals surface area contributed by atoms with Crippen LogP contribution in [0.1, 0.15) is 13.3 Å². The maximum absolute atomic E-state index is 12.9. The van der Waals surface area contributed by atoms with E-state index in [9.17, 15) is 31.1 Å². The Kier molecular flexibility index (Phi) is 4.84. The van der Waals surface area contributed by atoms with Gasteiger partial charge in [-0.05, 0) is 6.92 Å². The topological polar surface area (TPSA) is 52.3 Å². The molecule has 100 valence electrons. The van der Waals surface area contributed by atoms with Crippen LogP contribution >= 0.6 is 0 Å². The van der Waals surface area contributed by atoms with Gasteiger partial charge >= 0.3 is 18.1 Å². The van der Waals surface area contributed by atoms with Crippen LogP contribution in [-0.4, -0.2) is 24.7 Å². The van der Waals surface area contributed by atoms with Gasteiger partial charge < -0.3 is 10.5 Å². The average Bonchev–Trinajstić information content (AvgIpc) is 2.14. The Morgan fingerprint density at radius 1 is 1.24 bits per heavy atom. The number of esters is 1. The van der Waals surface area contributed by atoms with Crippen molar-refractivity contribution in [3.05, 3.63) is 11.5 Å². The fraction of sp³-hybridized carbons (Fsp3) is 0.625. The van der Waals surface area contributed by atoms with Gasteiger partial charge in [-0.2, -0.15) is 22.0 Å². The third-order valence-corrected chi connectivity index (χ3v) is 1.59. The van der Waals surface area contributed by atoms with Gasteiger partial charge in [0.25, 0.3) is 0 Å². The number of halogens is 6.